The molecule has 33 heavy (non-hydrogen) atoms. The second-order valence-corrected chi connectivity index (χ2v) is 9.34. The number of nitrogens with zero attached hydrogens (tertiary/aromatic N) is 6. The number of hydrogen-bond donors (Lipinski definition) is 0. The van der Waals surface area contributed by atoms with Crippen LogP contribution in [0.15, 0.2) is 59.3 Å². The molecule has 1 saturated heterocycles. The van der Waals surface area contributed by atoms with Crippen molar-refractivity contribution in [2.75, 3.05) is 6.61 Å². The SMILES string of the molecule is O=C1OC[C@@H](Cc2ccccc2)N1Cc1nc2n(n1)Cc1c(Cl)ncn1-c1ccc(Br)cc1-2. The highest BCUT2D eigenvalue weighted by Crippen LogP contribution is 2.34. The van der Waals surface area contributed by atoms with E-state index in [0.717, 1.165) is 27.0 Å². The molecular weight excluding hydrogens is 508 g/mol. The summed E-state index contributed by atoms with van der Waals surface area (Å²) in [6.07, 6.45) is 2.09. The van der Waals surface area contributed by atoms with Gasteiger partial charge in [-0.2, -0.15) is 5.10 Å². The van der Waals surface area contributed by atoms with Crippen molar-refractivity contribution in [3.05, 3.63) is 81.6 Å². The first-order valence-corrected chi connectivity index (χ1v) is 11.7. The van der Waals surface area contributed by atoms with Gasteiger partial charge in [0.2, 0.25) is 0 Å². The molecule has 166 valence electrons. The topological polar surface area (TPSA) is 78.1 Å². The molecule has 10 heteroatoms. The molecule has 8 nitrogen and oxygen atoms in total. The Balaban J connectivity index is 1.35. The average molecular weight is 526 g/mol. The van der Waals surface area contributed by atoms with Crippen LogP contribution in [0.2, 0.25) is 5.15 Å². The molecule has 1 atom stereocenters. The third kappa shape index (κ3) is 3.61. The van der Waals surface area contributed by atoms with Crippen molar-refractivity contribution in [2.45, 2.75) is 25.6 Å². The standard InChI is InChI=1S/C23H18BrClN6O2/c24-15-6-7-18-17(9-15)22-27-20(28-31(22)10-19-21(25)26-13-30(18)19)11-29-16(12-33-23(29)32)8-14-4-2-1-3-5-14/h1-7,9,13,16H,8,10-12H2/t16-/m1/s1. The molecule has 0 spiro atoms. The minimum absolute atomic E-state index is 0.0690. The Morgan fingerprint density at radius 2 is 2.03 bits per heavy atom. The van der Waals surface area contributed by atoms with E-state index < -0.39 is 0 Å². The molecule has 4 heterocycles. The first kappa shape index (κ1) is 20.4. The lowest BCUT2D eigenvalue weighted by Crippen LogP contribution is -2.35. The van der Waals surface area contributed by atoms with Crippen LogP contribution >= 0.6 is 27.5 Å². The molecule has 0 unspecified atom stereocenters. The van der Waals surface area contributed by atoms with Gasteiger partial charge in [0.1, 0.15) is 12.9 Å². The van der Waals surface area contributed by atoms with Crippen molar-refractivity contribution in [3.8, 4) is 17.1 Å². The summed E-state index contributed by atoms with van der Waals surface area (Å²) in [6, 6.07) is 16.0. The molecule has 0 saturated carbocycles. The predicted octanol–water partition coefficient (Wildman–Crippen LogP) is 4.47. The number of rotatable bonds is 4. The van der Waals surface area contributed by atoms with E-state index in [1.165, 1.54) is 0 Å². The summed E-state index contributed by atoms with van der Waals surface area (Å²) in [5, 5.41) is 5.17. The van der Waals surface area contributed by atoms with Crippen LogP contribution in [-0.4, -0.2) is 48.0 Å². The van der Waals surface area contributed by atoms with Crippen LogP contribution in [0.25, 0.3) is 17.1 Å². The largest absolute Gasteiger partial charge is 0.447 e. The zero-order chi connectivity index (χ0) is 22.5. The van der Waals surface area contributed by atoms with E-state index in [1.807, 2.05) is 45.6 Å². The van der Waals surface area contributed by atoms with Gasteiger partial charge < -0.3 is 4.74 Å². The summed E-state index contributed by atoms with van der Waals surface area (Å²) in [5.41, 5.74) is 3.81. The Morgan fingerprint density at radius 1 is 1.18 bits per heavy atom. The molecule has 0 N–H and O–H groups in total. The first-order chi connectivity index (χ1) is 16.1. The highest BCUT2D eigenvalue weighted by molar-refractivity contribution is 9.10. The van der Waals surface area contributed by atoms with E-state index in [9.17, 15) is 4.79 Å². The van der Waals surface area contributed by atoms with Gasteiger partial charge in [0, 0.05) is 10.0 Å². The highest BCUT2D eigenvalue weighted by Gasteiger charge is 2.34. The Bertz CT molecular complexity index is 1370. The maximum absolute atomic E-state index is 12.5. The van der Waals surface area contributed by atoms with Crippen LogP contribution in [0, 0.1) is 0 Å². The van der Waals surface area contributed by atoms with Crippen molar-refractivity contribution in [1.82, 2.24) is 29.2 Å². The van der Waals surface area contributed by atoms with Crippen LogP contribution in [0.3, 0.4) is 0 Å². The van der Waals surface area contributed by atoms with E-state index in [2.05, 4.69) is 33.0 Å². The molecule has 0 aliphatic carbocycles. The zero-order valence-electron chi connectivity index (χ0n) is 17.4. The lowest BCUT2D eigenvalue weighted by molar-refractivity contribution is 0.155. The van der Waals surface area contributed by atoms with Gasteiger partial charge >= 0.3 is 6.09 Å². The summed E-state index contributed by atoms with van der Waals surface area (Å²) in [5.74, 6) is 1.27. The number of fused-ring (bicyclic) bond motifs is 5. The van der Waals surface area contributed by atoms with Gasteiger partial charge in [0.15, 0.2) is 16.8 Å². The molecular formula is C23H18BrClN6O2. The zero-order valence-corrected chi connectivity index (χ0v) is 19.7. The number of cyclic esters (lactones) is 1. The van der Waals surface area contributed by atoms with Gasteiger partial charge in [0.05, 0.1) is 30.5 Å². The highest BCUT2D eigenvalue weighted by atomic mass is 79.9. The van der Waals surface area contributed by atoms with Gasteiger partial charge in [-0.25, -0.2) is 19.4 Å². The molecule has 2 aromatic carbocycles. The summed E-state index contributed by atoms with van der Waals surface area (Å²) >= 11 is 9.94. The van der Waals surface area contributed by atoms with E-state index in [-0.39, 0.29) is 18.7 Å². The number of ether oxygens (including phenoxy) is 1. The minimum Gasteiger partial charge on any atom is -0.447 e. The Labute approximate surface area is 202 Å². The number of halogens is 2. The fourth-order valence-electron chi connectivity index (χ4n) is 4.40. The van der Waals surface area contributed by atoms with Gasteiger partial charge in [0.25, 0.3) is 0 Å². The molecule has 4 aromatic rings. The molecule has 2 aliphatic rings. The predicted molar refractivity (Wildman–Crippen MR) is 125 cm³/mol. The second-order valence-electron chi connectivity index (χ2n) is 8.07. The van der Waals surface area contributed by atoms with Gasteiger partial charge in [-0.3, -0.25) is 9.47 Å². The number of carbonyl (C=O) groups excluding carboxylic acids is 1. The van der Waals surface area contributed by atoms with Crippen molar-refractivity contribution >= 4 is 33.6 Å². The van der Waals surface area contributed by atoms with E-state index >= 15 is 0 Å². The Morgan fingerprint density at radius 3 is 2.88 bits per heavy atom. The number of amides is 1. The number of hydrogen-bond acceptors (Lipinski definition) is 5. The van der Waals surface area contributed by atoms with Crippen LogP contribution in [0.1, 0.15) is 17.1 Å². The molecule has 2 aromatic heterocycles. The average Bonchev–Trinajstić information content (AvgIpc) is 3.46. The van der Waals surface area contributed by atoms with Crippen molar-refractivity contribution in [1.29, 1.82) is 0 Å². The fourth-order valence-corrected chi connectivity index (χ4v) is 4.95. The van der Waals surface area contributed by atoms with Gasteiger partial charge in [-0.1, -0.05) is 57.9 Å². The molecule has 2 aliphatic heterocycles. The normalized spacial score (nSPS) is 16.7. The van der Waals surface area contributed by atoms with E-state index in [1.54, 1.807) is 11.2 Å². The van der Waals surface area contributed by atoms with Crippen LogP contribution in [0.5, 0.6) is 0 Å². The molecule has 1 amide bonds. The van der Waals surface area contributed by atoms with Gasteiger partial charge in [-0.15, -0.1) is 0 Å². The fraction of sp³-hybridized carbons (Fsp3) is 0.217. The number of aromatic nitrogens is 5. The molecule has 0 bridgehead atoms. The number of imidazole rings is 1. The molecule has 0 radical (unpaired) electrons. The summed E-state index contributed by atoms with van der Waals surface area (Å²) < 4.78 is 10.1. The lowest BCUT2D eigenvalue weighted by atomic mass is 10.1. The minimum atomic E-state index is -0.342. The summed E-state index contributed by atoms with van der Waals surface area (Å²) in [6.45, 7) is 1.05. The third-order valence-electron chi connectivity index (χ3n) is 5.99. The number of benzene rings is 2. The van der Waals surface area contributed by atoms with Gasteiger partial charge in [-0.05, 0) is 30.2 Å². The maximum atomic E-state index is 12.5. The molecule has 6 rings (SSSR count). The van der Waals surface area contributed by atoms with Crippen molar-refractivity contribution in [2.24, 2.45) is 0 Å². The second kappa shape index (κ2) is 8.00. The Hall–Kier alpha value is -3.17. The molecule has 1 fully saturated rings. The monoisotopic (exact) mass is 524 g/mol. The first-order valence-electron chi connectivity index (χ1n) is 10.5. The van der Waals surface area contributed by atoms with Crippen molar-refractivity contribution in [3.63, 3.8) is 0 Å². The number of carbonyl (C=O) groups is 1. The lowest BCUT2D eigenvalue weighted by Gasteiger charge is -2.20. The smallest absolute Gasteiger partial charge is 0.410 e. The summed E-state index contributed by atoms with van der Waals surface area (Å²) in [4.78, 5) is 23.3. The quantitative estimate of drug-likeness (QED) is 0.346. The van der Waals surface area contributed by atoms with Crippen LogP contribution in [-0.2, 0) is 24.2 Å². The summed E-state index contributed by atoms with van der Waals surface area (Å²) in [7, 11) is 0. The third-order valence-corrected chi connectivity index (χ3v) is 6.80. The Kier molecular flexibility index (Phi) is 4.95. The van der Waals surface area contributed by atoms with E-state index in [0.29, 0.717) is 36.4 Å². The van der Waals surface area contributed by atoms with Crippen molar-refractivity contribution < 1.29 is 9.53 Å². The maximum Gasteiger partial charge on any atom is 0.410 e. The van der Waals surface area contributed by atoms with E-state index in [4.69, 9.17) is 26.4 Å². The van der Waals surface area contributed by atoms with Crippen LogP contribution < -0.4 is 0 Å². The van der Waals surface area contributed by atoms with Crippen LogP contribution in [0.4, 0.5) is 4.79 Å².